The molecule has 92 valence electrons. The van der Waals surface area contributed by atoms with E-state index in [-0.39, 0.29) is 12.5 Å². The molecular weight excluding hydrogens is 244 g/mol. The van der Waals surface area contributed by atoms with E-state index in [4.69, 9.17) is 10.6 Å². The highest BCUT2D eigenvalue weighted by Gasteiger charge is 2.20. The summed E-state index contributed by atoms with van der Waals surface area (Å²) in [6, 6.07) is 0. The third-order valence-electron chi connectivity index (χ3n) is 2.31. The van der Waals surface area contributed by atoms with Crippen molar-refractivity contribution in [2.45, 2.75) is 6.54 Å². The number of carbonyl (C=O) groups is 2. The zero-order chi connectivity index (χ0) is 12.3. The molecule has 8 heteroatoms. The van der Waals surface area contributed by atoms with Gasteiger partial charge in [-0.15, -0.1) is 11.3 Å². The Labute approximate surface area is 102 Å². The van der Waals surface area contributed by atoms with Crippen LogP contribution in [0.2, 0.25) is 0 Å². The fourth-order valence-corrected chi connectivity index (χ4v) is 2.17. The van der Waals surface area contributed by atoms with Crippen molar-refractivity contribution in [3.8, 4) is 0 Å². The Morgan fingerprint density at radius 1 is 1.71 bits per heavy atom. The van der Waals surface area contributed by atoms with E-state index in [0.717, 1.165) is 0 Å². The highest BCUT2D eigenvalue weighted by Crippen LogP contribution is 2.12. The fourth-order valence-electron chi connectivity index (χ4n) is 1.46. The minimum atomic E-state index is -0.422. The molecule has 0 radical (unpaired) electrons. The van der Waals surface area contributed by atoms with E-state index in [0.29, 0.717) is 30.4 Å². The molecule has 1 fully saturated rings. The second-order valence-corrected chi connectivity index (χ2v) is 4.34. The van der Waals surface area contributed by atoms with E-state index in [1.165, 1.54) is 11.3 Å². The number of carbonyl (C=O) groups excluding carboxylic acids is 2. The lowest BCUT2D eigenvalue weighted by Crippen LogP contribution is -2.41. The summed E-state index contributed by atoms with van der Waals surface area (Å²) in [6.45, 7) is 1.59. The molecule has 1 aliphatic heterocycles. The van der Waals surface area contributed by atoms with Crippen LogP contribution in [0.5, 0.6) is 0 Å². The highest BCUT2D eigenvalue weighted by atomic mass is 32.1. The maximum atomic E-state index is 11.5. The minimum absolute atomic E-state index is 0.0610. The zero-order valence-corrected chi connectivity index (χ0v) is 9.83. The van der Waals surface area contributed by atoms with Gasteiger partial charge in [-0.05, 0) is 0 Å². The third-order valence-corrected chi connectivity index (χ3v) is 3.20. The van der Waals surface area contributed by atoms with Crippen LogP contribution in [0.25, 0.3) is 0 Å². The van der Waals surface area contributed by atoms with Gasteiger partial charge in [0.2, 0.25) is 5.91 Å². The van der Waals surface area contributed by atoms with Gasteiger partial charge < -0.3 is 9.64 Å². The SMILES string of the molecule is NNC(=O)c1nc(CN2CCOCC2=O)cs1. The van der Waals surface area contributed by atoms with Gasteiger partial charge in [-0.25, -0.2) is 10.8 Å². The monoisotopic (exact) mass is 256 g/mol. The minimum Gasteiger partial charge on any atom is -0.370 e. The lowest BCUT2D eigenvalue weighted by atomic mass is 10.3. The van der Waals surface area contributed by atoms with Gasteiger partial charge in [0.25, 0.3) is 5.91 Å². The van der Waals surface area contributed by atoms with Gasteiger partial charge in [0.05, 0.1) is 18.8 Å². The molecule has 0 unspecified atom stereocenters. The molecule has 2 rings (SSSR count). The first-order chi connectivity index (χ1) is 8.20. The molecule has 2 amide bonds. The number of hydrogen-bond acceptors (Lipinski definition) is 6. The van der Waals surface area contributed by atoms with E-state index in [9.17, 15) is 9.59 Å². The van der Waals surface area contributed by atoms with E-state index in [1.54, 1.807) is 10.3 Å². The summed E-state index contributed by atoms with van der Waals surface area (Å²) >= 11 is 1.20. The van der Waals surface area contributed by atoms with Gasteiger partial charge in [-0.3, -0.25) is 15.0 Å². The van der Waals surface area contributed by atoms with Crippen LogP contribution >= 0.6 is 11.3 Å². The molecule has 1 aromatic heterocycles. The van der Waals surface area contributed by atoms with Crippen molar-refractivity contribution in [2.24, 2.45) is 5.84 Å². The molecule has 0 bridgehead atoms. The molecule has 0 atom stereocenters. The van der Waals surface area contributed by atoms with Crippen molar-refractivity contribution >= 4 is 23.2 Å². The second-order valence-electron chi connectivity index (χ2n) is 3.49. The van der Waals surface area contributed by atoms with Crippen LogP contribution in [0.4, 0.5) is 0 Å². The molecule has 3 N–H and O–H groups in total. The quantitative estimate of drug-likeness (QED) is 0.415. The number of nitrogens with zero attached hydrogens (tertiary/aromatic N) is 2. The summed E-state index contributed by atoms with van der Waals surface area (Å²) in [5.74, 6) is 4.52. The summed E-state index contributed by atoms with van der Waals surface area (Å²) in [5, 5.41) is 2.04. The van der Waals surface area contributed by atoms with Gasteiger partial charge in [0.15, 0.2) is 5.01 Å². The normalized spacial score (nSPS) is 16.1. The number of ether oxygens (including phenoxy) is 1. The van der Waals surface area contributed by atoms with Crippen molar-refractivity contribution in [3.05, 3.63) is 16.1 Å². The first-order valence-corrected chi connectivity index (χ1v) is 5.89. The van der Waals surface area contributed by atoms with Crippen molar-refractivity contribution in [3.63, 3.8) is 0 Å². The van der Waals surface area contributed by atoms with Crippen molar-refractivity contribution < 1.29 is 14.3 Å². The number of nitrogen functional groups attached to an aromatic ring is 1. The number of hydrogen-bond donors (Lipinski definition) is 2. The first kappa shape index (κ1) is 12.0. The topological polar surface area (TPSA) is 97.5 Å². The predicted octanol–water partition coefficient (Wildman–Crippen LogP) is -0.895. The number of amides is 2. The molecule has 0 spiro atoms. The number of nitrogens with two attached hydrogens (primary N) is 1. The summed E-state index contributed by atoms with van der Waals surface area (Å²) in [7, 11) is 0. The Bertz CT molecular complexity index is 434. The largest absolute Gasteiger partial charge is 0.370 e. The Balaban J connectivity index is 2.01. The average molecular weight is 256 g/mol. The number of rotatable bonds is 3. The lowest BCUT2D eigenvalue weighted by molar-refractivity contribution is -0.143. The number of thiazole rings is 1. The van der Waals surface area contributed by atoms with Gasteiger partial charge in [-0.1, -0.05) is 0 Å². The fraction of sp³-hybridized carbons (Fsp3) is 0.444. The molecule has 17 heavy (non-hydrogen) atoms. The Morgan fingerprint density at radius 2 is 2.53 bits per heavy atom. The Kier molecular flexibility index (Phi) is 3.67. The van der Waals surface area contributed by atoms with Crippen molar-refractivity contribution in [2.75, 3.05) is 19.8 Å². The molecule has 1 aliphatic rings. The third kappa shape index (κ3) is 2.78. The molecule has 7 nitrogen and oxygen atoms in total. The molecule has 2 heterocycles. The van der Waals surface area contributed by atoms with Crippen LogP contribution in [-0.4, -0.2) is 41.5 Å². The maximum absolute atomic E-state index is 11.5. The Morgan fingerprint density at radius 3 is 3.24 bits per heavy atom. The van der Waals surface area contributed by atoms with Crippen LogP contribution < -0.4 is 11.3 Å². The van der Waals surface area contributed by atoms with Gasteiger partial charge in [0, 0.05) is 11.9 Å². The van der Waals surface area contributed by atoms with E-state index in [1.807, 2.05) is 5.43 Å². The smallest absolute Gasteiger partial charge is 0.294 e. The van der Waals surface area contributed by atoms with Gasteiger partial charge in [-0.2, -0.15) is 0 Å². The Hall–Kier alpha value is -1.51. The van der Waals surface area contributed by atoms with E-state index >= 15 is 0 Å². The molecule has 1 aromatic rings. The average Bonchev–Trinajstić information content (AvgIpc) is 2.80. The molecular formula is C9H12N4O3S. The summed E-state index contributed by atoms with van der Waals surface area (Å²) in [5.41, 5.74) is 2.70. The second kappa shape index (κ2) is 5.21. The van der Waals surface area contributed by atoms with E-state index < -0.39 is 5.91 Å². The lowest BCUT2D eigenvalue weighted by Gasteiger charge is -2.25. The first-order valence-electron chi connectivity index (χ1n) is 5.01. The summed E-state index contributed by atoms with van der Waals surface area (Å²) < 4.78 is 5.02. The van der Waals surface area contributed by atoms with Crippen LogP contribution in [0.15, 0.2) is 5.38 Å². The van der Waals surface area contributed by atoms with Gasteiger partial charge in [0.1, 0.15) is 6.61 Å². The highest BCUT2D eigenvalue weighted by molar-refractivity contribution is 7.11. The van der Waals surface area contributed by atoms with E-state index in [2.05, 4.69) is 4.98 Å². The standard InChI is InChI=1S/C9H12N4O3S/c10-12-8(15)9-11-6(5-17-9)3-13-1-2-16-4-7(13)14/h5H,1-4,10H2,(H,12,15). The number of nitrogens with one attached hydrogen (secondary N) is 1. The zero-order valence-electron chi connectivity index (χ0n) is 9.01. The summed E-state index contributed by atoms with van der Waals surface area (Å²) in [4.78, 5) is 28.4. The summed E-state index contributed by atoms with van der Waals surface area (Å²) in [6.07, 6.45) is 0. The molecule has 0 aromatic carbocycles. The van der Waals surface area contributed by atoms with Crippen molar-refractivity contribution in [1.82, 2.24) is 15.3 Å². The van der Waals surface area contributed by atoms with Crippen LogP contribution in [-0.2, 0) is 16.1 Å². The van der Waals surface area contributed by atoms with Crippen LogP contribution in [0.1, 0.15) is 15.5 Å². The van der Waals surface area contributed by atoms with Crippen LogP contribution in [0, 0.1) is 0 Å². The van der Waals surface area contributed by atoms with Crippen molar-refractivity contribution in [1.29, 1.82) is 0 Å². The number of morpholine rings is 1. The van der Waals surface area contributed by atoms with Gasteiger partial charge >= 0.3 is 0 Å². The molecule has 0 saturated carbocycles. The molecule has 0 aliphatic carbocycles. The predicted molar refractivity (Wildman–Crippen MR) is 60.0 cm³/mol. The number of aromatic nitrogens is 1. The number of hydrazine groups is 1. The maximum Gasteiger partial charge on any atom is 0.294 e. The van der Waals surface area contributed by atoms with Crippen LogP contribution in [0.3, 0.4) is 0 Å². The molecule has 1 saturated heterocycles.